The molecule has 0 spiro atoms. The second kappa shape index (κ2) is 23.0. The molecule has 3 aliphatic rings. The van der Waals surface area contributed by atoms with E-state index in [4.69, 9.17) is 28.9 Å². The van der Waals surface area contributed by atoms with E-state index < -0.39 is 23.8 Å². The zero-order valence-electron chi connectivity index (χ0n) is 35.3. The summed E-state index contributed by atoms with van der Waals surface area (Å²) in [7, 11) is 0. The van der Waals surface area contributed by atoms with Crippen molar-refractivity contribution in [3.8, 4) is 11.5 Å². The first-order valence-electron chi connectivity index (χ1n) is 21.7. The summed E-state index contributed by atoms with van der Waals surface area (Å²) in [5.74, 6) is -0.331. The summed E-state index contributed by atoms with van der Waals surface area (Å²) in [6.07, 6.45) is 10.4. The number of unbranched alkanes of at least 4 members (excludes halogenated alkanes) is 2. The number of benzene rings is 3. The number of ether oxygens (including phenoxy) is 4. The zero-order chi connectivity index (χ0) is 43.0. The first-order chi connectivity index (χ1) is 29.9. The summed E-state index contributed by atoms with van der Waals surface area (Å²) in [6, 6.07) is 21.5. The van der Waals surface area contributed by atoms with Crippen LogP contribution in [0.5, 0.6) is 11.5 Å². The van der Waals surface area contributed by atoms with E-state index in [0.717, 1.165) is 48.3 Å². The highest BCUT2D eigenvalue weighted by atomic mass is 32.2. The van der Waals surface area contributed by atoms with Gasteiger partial charge in [-0.2, -0.15) is 0 Å². The third-order valence-electron chi connectivity index (χ3n) is 11.7. The SMILES string of the molecule is C=CCCOC(=O)N(Cc1ccc(F)cc1)C1CC(=NOCC)C2=CC(CCCCO)C(CCCCO)C3c4cc(OCCSc5ccccc5)ccc4OC1(OCC=C)C23. The number of nitrogens with zero attached hydrogens (tertiary/aromatic N) is 2. The molecule has 6 atom stereocenters. The molecule has 3 aromatic rings. The molecule has 3 aromatic carbocycles. The number of allylic oxidation sites excluding steroid dienone is 1. The molecule has 6 rings (SSSR count). The van der Waals surface area contributed by atoms with Crippen molar-refractivity contribution in [3.63, 3.8) is 0 Å². The smallest absolute Gasteiger partial charge is 0.410 e. The largest absolute Gasteiger partial charge is 0.493 e. The van der Waals surface area contributed by atoms with Crippen LogP contribution in [0.4, 0.5) is 9.18 Å². The van der Waals surface area contributed by atoms with Crippen molar-refractivity contribution >= 4 is 23.6 Å². The fraction of sp³-hybridized carbons (Fsp3) is 0.469. The van der Waals surface area contributed by atoms with Gasteiger partial charge in [-0.15, -0.1) is 24.9 Å². The number of hydrogen-bond acceptors (Lipinski definition) is 10. The predicted octanol–water partition coefficient (Wildman–Crippen LogP) is 9.87. The van der Waals surface area contributed by atoms with Gasteiger partial charge in [0.15, 0.2) is 0 Å². The minimum absolute atomic E-state index is 0.0504. The van der Waals surface area contributed by atoms with E-state index in [-0.39, 0.29) is 63.0 Å². The second-order valence-corrected chi connectivity index (χ2v) is 16.8. The van der Waals surface area contributed by atoms with E-state index >= 15 is 0 Å². The van der Waals surface area contributed by atoms with Gasteiger partial charge in [-0.05, 0) is 104 Å². The van der Waals surface area contributed by atoms with Crippen molar-refractivity contribution < 1.29 is 43.2 Å². The van der Waals surface area contributed by atoms with Crippen molar-refractivity contribution in [1.29, 1.82) is 0 Å². The molecular formula is C49H61FN2O8S. The highest BCUT2D eigenvalue weighted by Crippen LogP contribution is 2.62. The number of fused-ring (bicyclic) bond motifs is 2. The van der Waals surface area contributed by atoms with Gasteiger partial charge >= 0.3 is 6.09 Å². The van der Waals surface area contributed by atoms with Crippen LogP contribution < -0.4 is 9.47 Å². The molecule has 0 aromatic heterocycles. The number of oxime groups is 1. The van der Waals surface area contributed by atoms with Gasteiger partial charge in [-0.3, -0.25) is 4.90 Å². The molecule has 12 heteroatoms. The van der Waals surface area contributed by atoms with Gasteiger partial charge < -0.3 is 34.0 Å². The summed E-state index contributed by atoms with van der Waals surface area (Å²) in [4.78, 5) is 23.2. The highest BCUT2D eigenvalue weighted by molar-refractivity contribution is 7.99. The number of halogens is 1. The monoisotopic (exact) mass is 856 g/mol. The summed E-state index contributed by atoms with van der Waals surface area (Å²) in [6.45, 7) is 11.0. The van der Waals surface area contributed by atoms with Gasteiger partial charge in [0.25, 0.3) is 0 Å². The standard InChI is InChI=1S/C49H61FN2O8S/c1-4-7-28-57-48(55)52(34-35-19-21-37(50)22-20-35)45-33-43(51-59-6-3)41-31-36(15-11-13-25-53)40(18-12-14-26-54)46-42-32-38(56-29-30-61-39-16-9-8-10-17-39)23-24-44(42)60-49(45,47(41)46)58-27-5-2/h4-5,8-10,16-17,19-24,31-32,36,40,45-47,53-54H,1-2,6-7,11-15,18,25-30,33-34H2,3H3. The van der Waals surface area contributed by atoms with Gasteiger partial charge in [0.05, 0.1) is 31.5 Å². The van der Waals surface area contributed by atoms with Crippen LogP contribution in [0.15, 0.2) is 120 Å². The van der Waals surface area contributed by atoms with E-state index in [1.165, 1.54) is 17.0 Å². The molecule has 1 fully saturated rings. The Kier molecular flexibility index (Phi) is 17.3. The summed E-state index contributed by atoms with van der Waals surface area (Å²) in [5.41, 5.74) is 3.28. The van der Waals surface area contributed by atoms with Crippen molar-refractivity contribution in [2.75, 3.05) is 45.4 Å². The van der Waals surface area contributed by atoms with Gasteiger partial charge in [0, 0.05) is 48.3 Å². The van der Waals surface area contributed by atoms with E-state index in [0.29, 0.717) is 49.5 Å². The Balaban J connectivity index is 1.52. The number of rotatable bonds is 24. The Morgan fingerprint density at radius 3 is 2.49 bits per heavy atom. The van der Waals surface area contributed by atoms with Gasteiger partial charge in [-0.1, -0.05) is 66.6 Å². The van der Waals surface area contributed by atoms with Crippen molar-refractivity contribution in [1.82, 2.24) is 4.90 Å². The molecule has 1 amide bonds. The minimum Gasteiger partial charge on any atom is -0.493 e. The third kappa shape index (κ3) is 11.3. The quantitative estimate of drug-likeness (QED) is 0.0393. The first-order valence-corrected chi connectivity index (χ1v) is 22.7. The normalized spacial score (nSPS) is 23.2. The number of thioether (sulfide) groups is 1. The lowest BCUT2D eigenvalue weighted by molar-refractivity contribution is -0.256. The molecule has 1 aliphatic heterocycles. The fourth-order valence-corrected chi connectivity index (χ4v) is 9.87. The molecule has 61 heavy (non-hydrogen) atoms. The Morgan fingerprint density at radius 2 is 1.77 bits per heavy atom. The first kappa shape index (κ1) is 45.9. The maximum atomic E-state index is 14.5. The molecule has 1 heterocycles. The predicted molar refractivity (Wildman–Crippen MR) is 237 cm³/mol. The molecule has 1 saturated carbocycles. The lowest BCUT2D eigenvalue weighted by atomic mass is 9.55. The minimum atomic E-state index is -1.47. The molecule has 6 unspecified atom stereocenters. The van der Waals surface area contributed by atoms with Crippen LogP contribution in [0.2, 0.25) is 0 Å². The van der Waals surface area contributed by atoms with E-state index in [1.807, 2.05) is 37.3 Å². The topological polar surface area (TPSA) is 119 Å². The highest BCUT2D eigenvalue weighted by Gasteiger charge is 2.65. The van der Waals surface area contributed by atoms with Crippen molar-refractivity contribution in [2.24, 2.45) is 22.9 Å². The number of amides is 1. The maximum Gasteiger partial charge on any atom is 0.410 e. The number of aliphatic hydroxyl groups is 2. The van der Waals surface area contributed by atoms with Crippen molar-refractivity contribution in [3.05, 3.63) is 127 Å². The Morgan fingerprint density at radius 1 is 1.00 bits per heavy atom. The Labute approximate surface area is 364 Å². The third-order valence-corrected chi connectivity index (χ3v) is 12.7. The molecule has 0 bridgehead atoms. The number of hydrogen-bond donors (Lipinski definition) is 2. The van der Waals surface area contributed by atoms with Crippen LogP contribution in [0.1, 0.15) is 75.3 Å². The summed E-state index contributed by atoms with van der Waals surface area (Å²) >= 11 is 1.73. The average molecular weight is 857 g/mol. The van der Waals surface area contributed by atoms with Crippen LogP contribution >= 0.6 is 11.8 Å². The van der Waals surface area contributed by atoms with Gasteiger partial charge in [0.1, 0.15) is 30.0 Å². The maximum absolute atomic E-state index is 14.5. The summed E-state index contributed by atoms with van der Waals surface area (Å²) in [5, 5.41) is 24.6. The number of carbonyl (C=O) groups excluding carboxylic acids is 1. The van der Waals surface area contributed by atoms with Crippen LogP contribution in [0.25, 0.3) is 0 Å². The molecule has 10 nitrogen and oxygen atoms in total. The molecule has 0 saturated heterocycles. The van der Waals surface area contributed by atoms with E-state index in [9.17, 15) is 19.4 Å². The molecule has 0 radical (unpaired) electrons. The lowest BCUT2D eigenvalue weighted by Crippen LogP contribution is -2.70. The second-order valence-electron chi connectivity index (χ2n) is 15.6. The molecule has 2 aliphatic carbocycles. The zero-order valence-corrected chi connectivity index (χ0v) is 36.1. The van der Waals surface area contributed by atoms with Gasteiger partial charge in [0.2, 0.25) is 5.79 Å². The fourth-order valence-electron chi connectivity index (χ4n) is 9.12. The Bertz CT molecular complexity index is 1940. The number of carbonyl (C=O) groups is 1. The summed E-state index contributed by atoms with van der Waals surface area (Å²) < 4.78 is 41.0. The lowest BCUT2D eigenvalue weighted by Gasteiger charge is -2.59. The van der Waals surface area contributed by atoms with E-state index in [1.54, 1.807) is 40.9 Å². The van der Waals surface area contributed by atoms with Crippen molar-refractivity contribution in [2.45, 2.75) is 87.5 Å². The van der Waals surface area contributed by atoms with Crippen LogP contribution in [-0.2, 0) is 20.9 Å². The van der Waals surface area contributed by atoms with Gasteiger partial charge in [-0.25, -0.2) is 9.18 Å². The average Bonchev–Trinajstić information content (AvgIpc) is 3.28. The van der Waals surface area contributed by atoms with Crippen LogP contribution in [-0.4, -0.2) is 84.1 Å². The van der Waals surface area contributed by atoms with E-state index in [2.05, 4.69) is 37.4 Å². The molecule has 2 N–H and O–H groups in total. The van der Waals surface area contributed by atoms with Crippen LogP contribution in [0, 0.1) is 23.6 Å². The molecule has 328 valence electrons. The Hall–Kier alpha value is -4.62. The number of aliphatic hydroxyl groups excluding tert-OH is 2. The molecular weight excluding hydrogens is 796 g/mol. The van der Waals surface area contributed by atoms with Crippen LogP contribution in [0.3, 0.4) is 0 Å².